The molecule has 0 amide bonds. The number of unbranched alkanes of at least 4 members (excludes halogenated alkanes) is 1. The third-order valence-corrected chi connectivity index (χ3v) is 7.29. The van der Waals surface area contributed by atoms with Crippen molar-refractivity contribution in [3.05, 3.63) is 77.9 Å². The van der Waals surface area contributed by atoms with E-state index in [1.807, 2.05) is 0 Å². The summed E-state index contributed by atoms with van der Waals surface area (Å²) in [6, 6.07) is 22.6. The quantitative estimate of drug-likeness (QED) is 0.268. The summed E-state index contributed by atoms with van der Waals surface area (Å²) in [7, 11) is 1.56. The lowest BCUT2D eigenvalue weighted by atomic mass is 9.79. The summed E-state index contributed by atoms with van der Waals surface area (Å²) in [5.41, 5.74) is 6.85. The van der Waals surface area contributed by atoms with Crippen molar-refractivity contribution in [2.75, 3.05) is 31.6 Å². The zero-order chi connectivity index (χ0) is 25.5. The Balaban J connectivity index is 0.000000709. The molecule has 2 heterocycles. The molecule has 1 saturated heterocycles. The molecule has 3 heteroatoms. The summed E-state index contributed by atoms with van der Waals surface area (Å²) in [6.45, 7) is 11.5. The zero-order valence-electron chi connectivity index (χ0n) is 22.8. The van der Waals surface area contributed by atoms with Crippen LogP contribution in [0.2, 0.25) is 0 Å². The number of aliphatic imine (C=N–C) groups is 1. The first-order chi connectivity index (χ1) is 17.5. The minimum Gasteiger partial charge on any atom is -0.372 e. The number of hydrogen-bond acceptors (Lipinski definition) is 2. The second-order valence-corrected chi connectivity index (χ2v) is 10.1. The van der Waals surface area contributed by atoms with Crippen LogP contribution in [-0.2, 0) is 5.41 Å². The molecule has 0 bridgehead atoms. The molecule has 5 rings (SSSR count). The van der Waals surface area contributed by atoms with E-state index < -0.39 is 0 Å². The second-order valence-electron chi connectivity index (χ2n) is 10.1. The average Bonchev–Trinajstić information content (AvgIpc) is 3.52. The minimum absolute atomic E-state index is 0.0318. The van der Waals surface area contributed by atoms with Gasteiger partial charge in [0.25, 0.3) is 0 Å². The van der Waals surface area contributed by atoms with Gasteiger partial charge in [0.2, 0.25) is 5.69 Å². The first-order valence-corrected chi connectivity index (χ1v) is 13.0. The van der Waals surface area contributed by atoms with Crippen LogP contribution in [0.3, 0.4) is 0 Å². The van der Waals surface area contributed by atoms with E-state index in [9.17, 15) is 0 Å². The van der Waals surface area contributed by atoms with Gasteiger partial charge in [0.05, 0.1) is 6.79 Å². The molecule has 1 fully saturated rings. The molecule has 0 N–H and O–H groups in total. The fraction of sp³-hybridized carbons (Fsp3) is 0.375. The van der Waals surface area contributed by atoms with E-state index in [1.165, 1.54) is 77.8 Å². The number of fused-ring (bicyclic) bond motifs is 3. The Labute approximate surface area is 212 Å². The summed E-state index contributed by atoms with van der Waals surface area (Å²) in [5, 5.41) is 2.72. The van der Waals surface area contributed by atoms with Crippen LogP contribution in [0.5, 0.6) is 0 Å². The van der Waals surface area contributed by atoms with Crippen LogP contribution in [-0.4, -0.2) is 43.7 Å². The zero-order valence-corrected chi connectivity index (χ0v) is 21.8. The molecule has 0 saturated carbocycles. The van der Waals surface area contributed by atoms with E-state index in [2.05, 4.69) is 108 Å². The number of benzene rings is 3. The number of anilines is 1. The molecule has 0 aromatic heterocycles. The lowest BCUT2D eigenvalue weighted by Gasteiger charge is -2.18. The minimum atomic E-state index is -0.0318. The molecule has 3 nitrogen and oxygen atoms in total. The Morgan fingerprint density at radius 2 is 1.74 bits per heavy atom. The Morgan fingerprint density at radius 1 is 1.03 bits per heavy atom. The van der Waals surface area contributed by atoms with Crippen molar-refractivity contribution in [3.63, 3.8) is 0 Å². The van der Waals surface area contributed by atoms with Gasteiger partial charge in [0.15, 0.2) is 5.71 Å². The first kappa shape index (κ1) is 23.5. The van der Waals surface area contributed by atoms with Gasteiger partial charge in [-0.1, -0.05) is 49.7 Å². The second kappa shape index (κ2) is 11.0. The van der Waals surface area contributed by atoms with Crippen molar-refractivity contribution in [2.24, 2.45) is 4.99 Å². The lowest BCUT2D eigenvalue weighted by molar-refractivity contribution is -0.438. The third-order valence-electron chi connectivity index (χ3n) is 7.29. The number of allylic oxidation sites excluding steroid dienone is 1. The Bertz CT molecular complexity index is 1260. The Morgan fingerprint density at radius 3 is 2.43 bits per heavy atom. The molecular weight excluding hydrogens is 426 g/mol. The topological polar surface area (TPSA) is 18.6 Å². The highest BCUT2D eigenvalue weighted by Crippen LogP contribution is 2.44. The summed E-state index contributed by atoms with van der Waals surface area (Å²) < 4.78 is 8.73. The molecule has 0 spiro atoms. The van der Waals surface area contributed by atoms with Crippen LogP contribution in [0.25, 0.3) is 16.8 Å². The highest BCUT2D eigenvalue weighted by atomic mass is 15.1. The Hall–Kier alpha value is -3.20. The van der Waals surface area contributed by atoms with Gasteiger partial charge >= 0.3 is 0 Å². The number of rotatable bonds is 6. The molecule has 0 radical (unpaired) electrons. The highest BCUT2D eigenvalue weighted by Gasteiger charge is 2.45. The monoisotopic (exact) mass is 468 g/mol. The predicted molar refractivity (Wildman–Crippen MR) is 154 cm³/mol. The van der Waals surface area contributed by atoms with Crippen LogP contribution in [0, 0.1) is 0 Å². The molecule has 0 aliphatic carbocycles. The van der Waals surface area contributed by atoms with E-state index in [4.69, 9.17) is 1.37 Å². The van der Waals surface area contributed by atoms with Gasteiger partial charge in [-0.25, -0.2) is 0 Å². The standard InChI is InChI=1S/C30H35N2.C2H5N/c1-4-5-22-32-27-18-15-24-10-6-7-11-26(24)29(27)30(2,3)28(32)19-14-23-12-16-25(17-13-23)31-20-8-9-21-31;1-3-2/h6-7,10-19H,4-5,8-9,20-22H2,1-3H3;1H2,2H3/q+1;/i;1T. The van der Waals surface area contributed by atoms with Gasteiger partial charge in [-0.05, 0) is 74.0 Å². The molecule has 2 aliphatic rings. The third kappa shape index (κ3) is 5.10. The molecule has 3 aromatic carbocycles. The highest BCUT2D eigenvalue weighted by molar-refractivity contribution is 6.09. The smallest absolute Gasteiger partial charge is 0.210 e. The van der Waals surface area contributed by atoms with E-state index in [1.54, 1.807) is 7.05 Å². The normalized spacial score (nSPS) is 17.3. The number of hydrogen-bond donors (Lipinski definition) is 0. The van der Waals surface area contributed by atoms with Crippen molar-refractivity contribution in [1.29, 1.82) is 0 Å². The van der Waals surface area contributed by atoms with Crippen LogP contribution >= 0.6 is 0 Å². The fourth-order valence-electron chi connectivity index (χ4n) is 5.54. The molecular formula is C32H40N3+. The van der Waals surface area contributed by atoms with Crippen LogP contribution in [0.4, 0.5) is 11.4 Å². The lowest BCUT2D eigenvalue weighted by Crippen LogP contribution is -2.28. The summed E-state index contributed by atoms with van der Waals surface area (Å²) in [6.07, 6.45) is 9.71. The van der Waals surface area contributed by atoms with E-state index in [0.717, 1.165) is 13.2 Å². The van der Waals surface area contributed by atoms with Gasteiger partial charge < -0.3 is 9.89 Å². The van der Waals surface area contributed by atoms with Gasteiger partial charge in [-0.2, -0.15) is 4.58 Å². The van der Waals surface area contributed by atoms with Gasteiger partial charge in [0.1, 0.15) is 6.54 Å². The maximum atomic E-state index is 6.16. The van der Waals surface area contributed by atoms with Crippen LogP contribution < -0.4 is 4.90 Å². The van der Waals surface area contributed by atoms with Gasteiger partial charge in [0, 0.05) is 50.0 Å². The molecule has 2 aliphatic heterocycles. The van der Waals surface area contributed by atoms with Crippen molar-refractivity contribution in [3.8, 4) is 0 Å². The summed E-state index contributed by atoms with van der Waals surface area (Å²) >= 11 is 0. The molecule has 182 valence electrons. The first-order valence-electron chi connectivity index (χ1n) is 13.6. The maximum Gasteiger partial charge on any atom is 0.210 e. The van der Waals surface area contributed by atoms with Crippen LogP contribution in [0.1, 0.15) is 59.0 Å². The van der Waals surface area contributed by atoms with E-state index in [0.29, 0.717) is 0 Å². The van der Waals surface area contributed by atoms with Gasteiger partial charge in [-0.15, -0.1) is 0 Å². The number of nitrogens with zero attached hydrogens (tertiary/aromatic N) is 3. The van der Waals surface area contributed by atoms with Crippen molar-refractivity contribution in [2.45, 2.75) is 51.9 Å². The molecule has 3 aromatic rings. The molecule has 35 heavy (non-hydrogen) atoms. The van der Waals surface area contributed by atoms with Crippen LogP contribution in [0.15, 0.2) is 71.7 Å². The average molecular weight is 469 g/mol. The largest absolute Gasteiger partial charge is 0.372 e. The molecule has 0 unspecified atom stereocenters. The van der Waals surface area contributed by atoms with E-state index >= 15 is 0 Å². The predicted octanol–water partition coefficient (Wildman–Crippen LogP) is 7.65. The summed E-state index contributed by atoms with van der Waals surface area (Å²) in [5.74, 6) is 0. The van der Waals surface area contributed by atoms with Crippen molar-refractivity contribution in [1.82, 2.24) is 0 Å². The Kier molecular flexibility index (Phi) is 7.42. The summed E-state index contributed by atoms with van der Waals surface area (Å²) in [4.78, 5) is 5.77. The molecule has 0 atom stereocenters. The maximum absolute atomic E-state index is 6.16. The van der Waals surface area contributed by atoms with Crippen molar-refractivity contribution >= 4 is 40.6 Å². The SMILES string of the molecule is CCCC[N+]1=C(/C=C/c2ccc(N3CCCC3)cc2)C(C)(C)c2c1ccc1ccccc21.[3H]C=NC. The van der Waals surface area contributed by atoms with Crippen molar-refractivity contribution < 1.29 is 5.95 Å². The fourth-order valence-corrected chi connectivity index (χ4v) is 5.54. The van der Waals surface area contributed by atoms with E-state index in [-0.39, 0.29) is 5.41 Å². The van der Waals surface area contributed by atoms with Gasteiger partial charge in [-0.3, -0.25) is 0 Å².